The second-order valence-corrected chi connectivity index (χ2v) is 3.27. The molecule has 0 fully saturated rings. The molecule has 1 aromatic carbocycles. The van der Waals surface area contributed by atoms with Crippen LogP contribution < -0.4 is 15.8 Å². The van der Waals surface area contributed by atoms with E-state index in [9.17, 15) is 18.0 Å². The average molecular weight is 264 g/mol. The number of hydrogen-bond acceptors (Lipinski definition) is 3. The predicted molar refractivity (Wildman–Crippen MR) is 57.2 cm³/mol. The lowest BCUT2D eigenvalue weighted by Crippen LogP contribution is -2.20. The van der Waals surface area contributed by atoms with Gasteiger partial charge in [0.15, 0.2) is 0 Å². The normalized spacial score (nSPS) is 11.1. The van der Waals surface area contributed by atoms with Gasteiger partial charge in [0.1, 0.15) is 12.4 Å². The van der Waals surface area contributed by atoms with E-state index in [1.165, 1.54) is 6.07 Å². The Morgan fingerprint density at radius 2 is 2.11 bits per heavy atom. The molecule has 18 heavy (non-hydrogen) atoms. The summed E-state index contributed by atoms with van der Waals surface area (Å²) in [5.41, 5.74) is 3.66. The van der Waals surface area contributed by atoms with Crippen LogP contribution in [-0.2, 0) is 6.18 Å². The number of benzene rings is 1. The molecule has 0 aromatic heterocycles. The summed E-state index contributed by atoms with van der Waals surface area (Å²) in [4.78, 5) is 10.6. The van der Waals surface area contributed by atoms with Crippen molar-refractivity contribution in [3.05, 3.63) is 23.8 Å². The zero-order valence-electron chi connectivity index (χ0n) is 9.12. The first-order valence-corrected chi connectivity index (χ1v) is 4.86. The maximum absolute atomic E-state index is 12.7. The van der Waals surface area contributed by atoms with Crippen LogP contribution in [0, 0.1) is 0 Å². The topological polar surface area (TPSA) is 84.6 Å². The van der Waals surface area contributed by atoms with Crippen molar-refractivity contribution < 1.29 is 27.8 Å². The minimum Gasteiger partial charge on any atom is -0.491 e. The molecule has 1 aromatic rings. The lowest BCUT2D eigenvalue weighted by molar-refractivity contribution is -0.139. The van der Waals surface area contributed by atoms with Gasteiger partial charge in [0, 0.05) is 5.69 Å². The minimum atomic E-state index is -4.64. The van der Waals surface area contributed by atoms with Gasteiger partial charge >= 0.3 is 12.2 Å². The van der Waals surface area contributed by atoms with E-state index in [4.69, 9.17) is 15.6 Å². The Bertz CT molecular complexity index is 435. The molecule has 1 rings (SSSR count). The highest BCUT2D eigenvalue weighted by Gasteiger charge is 2.34. The van der Waals surface area contributed by atoms with E-state index in [1.807, 2.05) is 5.32 Å². The zero-order chi connectivity index (χ0) is 13.8. The highest BCUT2D eigenvalue weighted by atomic mass is 19.4. The molecular weight excluding hydrogens is 253 g/mol. The molecule has 4 N–H and O–H groups in total. The van der Waals surface area contributed by atoms with Gasteiger partial charge in [-0.05, 0) is 18.2 Å². The van der Waals surface area contributed by atoms with Gasteiger partial charge in [0.2, 0.25) is 0 Å². The fraction of sp³-hybridized carbons (Fsp3) is 0.300. The summed E-state index contributed by atoms with van der Waals surface area (Å²) >= 11 is 0. The molecule has 0 atom stereocenters. The number of carbonyl (C=O) groups excluding carboxylic acids is 1. The monoisotopic (exact) mass is 264 g/mol. The van der Waals surface area contributed by atoms with E-state index in [-0.39, 0.29) is 12.3 Å². The molecule has 0 radical (unpaired) electrons. The first-order valence-electron chi connectivity index (χ1n) is 4.86. The molecule has 2 amide bonds. The van der Waals surface area contributed by atoms with Crippen molar-refractivity contribution in [2.24, 2.45) is 5.73 Å². The fourth-order valence-corrected chi connectivity index (χ4v) is 1.25. The number of urea groups is 1. The van der Waals surface area contributed by atoms with E-state index in [1.54, 1.807) is 0 Å². The molecule has 0 spiro atoms. The quantitative estimate of drug-likeness (QED) is 0.771. The van der Waals surface area contributed by atoms with E-state index < -0.39 is 30.1 Å². The van der Waals surface area contributed by atoms with Crippen molar-refractivity contribution in [2.45, 2.75) is 6.18 Å². The Labute approximate surface area is 100 Å². The molecule has 0 heterocycles. The van der Waals surface area contributed by atoms with E-state index in [2.05, 4.69) is 0 Å². The lowest BCUT2D eigenvalue weighted by Gasteiger charge is -2.14. The molecule has 8 heteroatoms. The molecule has 0 saturated heterocycles. The smallest absolute Gasteiger partial charge is 0.420 e. The molecule has 0 bridgehead atoms. The fourth-order valence-electron chi connectivity index (χ4n) is 1.25. The third-order valence-electron chi connectivity index (χ3n) is 1.90. The third-order valence-corrected chi connectivity index (χ3v) is 1.90. The van der Waals surface area contributed by atoms with Gasteiger partial charge in [0.05, 0.1) is 12.2 Å². The summed E-state index contributed by atoms with van der Waals surface area (Å²) in [6.07, 6.45) is -4.64. The molecule has 5 nitrogen and oxygen atoms in total. The standard InChI is InChI=1S/C10H11F3N2O3/c11-10(12,13)7-5-6(15-9(14)17)1-2-8(7)18-4-3-16/h1-2,5,16H,3-4H2,(H3,14,15,17). The maximum Gasteiger partial charge on any atom is 0.420 e. The summed E-state index contributed by atoms with van der Waals surface area (Å²) in [7, 11) is 0. The number of primary amides is 1. The number of ether oxygens (including phenoxy) is 1. The summed E-state index contributed by atoms with van der Waals surface area (Å²) in [6, 6.07) is 2.00. The number of aliphatic hydroxyl groups excluding tert-OH is 1. The second-order valence-electron chi connectivity index (χ2n) is 3.27. The van der Waals surface area contributed by atoms with E-state index in [0.29, 0.717) is 6.07 Å². The molecule has 0 unspecified atom stereocenters. The predicted octanol–water partition coefficient (Wildman–Crippen LogP) is 1.57. The Morgan fingerprint density at radius 1 is 1.44 bits per heavy atom. The van der Waals surface area contributed by atoms with Crippen molar-refractivity contribution in [3.63, 3.8) is 0 Å². The first kappa shape index (κ1) is 14.1. The van der Waals surface area contributed by atoms with E-state index >= 15 is 0 Å². The number of halogens is 3. The number of nitrogens with two attached hydrogens (primary N) is 1. The molecule has 0 aliphatic rings. The molecule has 100 valence electrons. The van der Waals surface area contributed by atoms with Crippen molar-refractivity contribution >= 4 is 11.7 Å². The number of carbonyl (C=O) groups is 1. The maximum atomic E-state index is 12.7. The van der Waals surface area contributed by atoms with Gasteiger partial charge < -0.3 is 20.9 Å². The third kappa shape index (κ3) is 3.81. The number of hydrogen-bond donors (Lipinski definition) is 3. The SMILES string of the molecule is NC(=O)Nc1ccc(OCCO)c(C(F)(F)F)c1. The van der Waals surface area contributed by atoms with Crippen LogP contribution in [0.4, 0.5) is 23.7 Å². The number of anilines is 1. The summed E-state index contributed by atoms with van der Waals surface area (Å²) in [5, 5.41) is 10.5. The second kappa shape index (κ2) is 5.58. The van der Waals surface area contributed by atoms with Crippen LogP contribution in [0.3, 0.4) is 0 Å². The Kier molecular flexibility index (Phi) is 4.38. The summed E-state index contributed by atoms with van der Waals surface area (Å²) < 4.78 is 42.9. The first-order chi connectivity index (χ1) is 8.34. The van der Waals surface area contributed by atoms with Crippen LogP contribution in [0.25, 0.3) is 0 Å². The van der Waals surface area contributed by atoms with Crippen molar-refractivity contribution in [3.8, 4) is 5.75 Å². The largest absolute Gasteiger partial charge is 0.491 e. The van der Waals surface area contributed by atoms with Crippen LogP contribution in [0.5, 0.6) is 5.75 Å². The average Bonchev–Trinajstić information content (AvgIpc) is 2.25. The summed E-state index contributed by atoms with van der Waals surface area (Å²) in [5.74, 6) is -0.424. The lowest BCUT2D eigenvalue weighted by atomic mass is 10.1. The zero-order valence-corrected chi connectivity index (χ0v) is 9.12. The van der Waals surface area contributed by atoms with Gasteiger partial charge in [-0.1, -0.05) is 0 Å². The Morgan fingerprint density at radius 3 is 2.61 bits per heavy atom. The minimum absolute atomic E-state index is 0.0915. The summed E-state index contributed by atoms with van der Waals surface area (Å²) in [6.45, 7) is -0.662. The van der Waals surface area contributed by atoms with Gasteiger partial charge in [-0.25, -0.2) is 4.79 Å². The van der Waals surface area contributed by atoms with Crippen LogP contribution in [-0.4, -0.2) is 24.4 Å². The number of rotatable bonds is 4. The van der Waals surface area contributed by atoms with Gasteiger partial charge in [-0.3, -0.25) is 0 Å². The number of nitrogens with one attached hydrogen (secondary N) is 1. The molecule has 0 aliphatic carbocycles. The molecular formula is C10H11F3N2O3. The number of alkyl halides is 3. The van der Waals surface area contributed by atoms with E-state index in [0.717, 1.165) is 6.07 Å². The van der Waals surface area contributed by atoms with Gasteiger partial charge in [0.25, 0.3) is 0 Å². The van der Waals surface area contributed by atoms with Gasteiger partial charge in [-0.15, -0.1) is 0 Å². The van der Waals surface area contributed by atoms with Crippen molar-refractivity contribution in [1.82, 2.24) is 0 Å². The number of amides is 2. The Hall–Kier alpha value is -1.96. The molecule has 0 aliphatic heterocycles. The Balaban J connectivity index is 3.08. The highest BCUT2D eigenvalue weighted by Crippen LogP contribution is 2.37. The molecule has 0 saturated carbocycles. The van der Waals surface area contributed by atoms with Crippen LogP contribution >= 0.6 is 0 Å². The van der Waals surface area contributed by atoms with Crippen LogP contribution in [0.15, 0.2) is 18.2 Å². The van der Waals surface area contributed by atoms with Crippen LogP contribution in [0.1, 0.15) is 5.56 Å². The van der Waals surface area contributed by atoms with Crippen molar-refractivity contribution in [2.75, 3.05) is 18.5 Å². The van der Waals surface area contributed by atoms with Gasteiger partial charge in [-0.2, -0.15) is 13.2 Å². The highest BCUT2D eigenvalue weighted by molar-refractivity contribution is 5.88. The number of aliphatic hydroxyl groups is 1. The van der Waals surface area contributed by atoms with Crippen molar-refractivity contribution in [1.29, 1.82) is 0 Å². The van der Waals surface area contributed by atoms with Crippen LogP contribution in [0.2, 0.25) is 0 Å².